The van der Waals surface area contributed by atoms with Gasteiger partial charge in [0.25, 0.3) is 0 Å². The molecule has 0 saturated heterocycles. The first-order valence-corrected chi connectivity index (χ1v) is 5.97. The van der Waals surface area contributed by atoms with E-state index < -0.39 is 0 Å². The van der Waals surface area contributed by atoms with E-state index in [0.29, 0.717) is 11.6 Å². The van der Waals surface area contributed by atoms with E-state index in [1.807, 2.05) is 38.1 Å². The molecule has 94 valence electrons. The second-order valence-electron chi connectivity index (χ2n) is 4.20. The van der Waals surface area contributed by atoms with Crippen LogP contribution in [0, 0.1) is 0 Å². The number of ether oxygens (including phenoxy) is 1. The molecule has 0 aliphatic rings. The van der Waals surface area contributed by atoms with Gasteiger partial charge in [0.2, 0.25) is 5.91 Å². The third-order valence-corrected chi connectivity index (χ3v) is 2.70. The van der Waals surface area contributed by atoms with Crippen LogP contribution in [0.3, 0.4) is 0 Å². The van der Waals surface area contributed by atoms with Crippen LogP contribution in [-0.2, 0) is 16.1 Å². The molecule has 1 amide bonds. The zero-order valence-corrected chi connectivity index (χ0v) is 11.2. The van der Waals surface area contributed by atoms with Crippen LogP contribution in [0.2, 0.25) is 5.02 Å². The summed E-state index contributed by atoms with van der Waals surface area (Å²) >= 11 is 6.03. The van der Waals surface area contributed by atoms with Gasteiger partial charge in [-0.05, 0) is 25.5 Å². The average molecular weight is 256 g/mol. The van der Waals surface area contributed by atoms with Crippen molar-refractivity contribution in [3.05, 3.63) is 34.9 Å². The first-order valence-electron chi connectivity index (χ1n) is 5.59. The number of rotatable bonds is 5. The predicted octanol–water partition coefficient (Wildman–Crippen LogP) is 2.72. The lowest BCUT2D eigenvalue weighted by atomic mass is 10.2. The van der Waals surface area contributed by atoms with Crippen LogP contribution in [0.4, 0.5) is 0 Å². The maximum Gasteiger partial charge on any atom is 0.248 e. The van der Waals surface area contributed by atoms with Crippen LogP contribution in [0.5, 0.6) is 0 Å². The molecule has 0 N–H and O–H groups in total. The van der Waals surface area contributed by atoms with Crippen molar-refractivity contribution in [3.8, 4) is 0 Å². The Morgan fingerprint density at radius 2 is 2.06 bits per heavy atom. The third kappa shape index (κ3) is 4.75. The molecule has 3 nitrogen and oxygen atoms in total. The number of hydrogen-bond acceptors (Lipinski definition) is 2. The quantitative estimate of drug-likeness (QED) is 0.810. The molecule has 0 aliphatic heterocycles. The molecule has 0 spiro atoms. The van der Waals surface area contributed by atoms with Crippen molar-refractivity contribution in [1.82, 2.24) is 4.90 Å². The molecule has 0 unspecified atom stereocenters. The van der Waals surface area contributed by atoms with E-state index in [9.17, 15) is 4.79 Å². The molecule has 0 atom stereocenters. The smallest absolute Gasteiger partial charge is 0.248 e. The zero-order chi connectivity index (χ0) is 12.8. The van der Waals surface area contributed by atoms with E-state index in [1.165, 1.54) is 0 Å². The summed E-state index contributed by atoms with van der Waals surface area (Å²) in [4.78, 5) is 13.3. The highest BCUT2D eigenvalue weighted by Gasteiger charge is 2.11. The molecular weight excluding hydrogens is 238 g/mol. The second-order valence-corrected chi connectivity index (χ2v) is 4.61. The summed E-state index contributed by atoms with van der Waals surface area (Å²) in [6.45, 7) is 4.42. The van der Waals surface area contributed by atoms with Gasteiger partial charge in [-0.25, -0.2) is 0 Å². The van der Waals surface area contributed by atoms with Gasteiger partial charge in [-0.2, -0.15) is 0 Å². The van der Waals surface area contributed by atoms with E-state index >= 15 is 0 Å². The fraction of sp³-hybridized carbons (Fsp3) is 0.462. The number of nitrogens with zero attached hydrogens (tertiary/aromatic N) is 1. The van der Waals surface area contributed by atoms with E-state index in [4.69, 9.17) is 16.3 Å². The minimum absolute atomic E-state index is 0.0429. The monoisotopic (exact) mass is 255 g/mol. The summed E-state index contributed by atoms with van der Waals surface area (Å²) in [5, 5.41) is 0.678. The molecule has 1 rings (SSSR count). The summed E-state index contributed by atoms with van der Waals surface area (Å²) in [6, 6.07) is 7.51. The van der Waals surface area contributed by atoms with Crippen LogP contribution in [-0.4, -0.2) is 30.6 Å². The molecule has 0 saturated carbocycles. The largest absolute Gasteiger partial charge is 0.369 e. The molecule has 4 heteroatoms. The van der Waals surface area contributed by atoms with Crippen LogP contribution in [0.15, 0.2) is 24.3 Å². The minimum Gasteiger partial charge on any atom is -0.369 e. The maximum absolute atomic E-state index is 11.7. The summed E-state index contributed by atoms with van der Waals surface area (Å²) < 4.78 is 5.27. The molecule has 0 heterocycles. The second kappa shape index (κ2) is 6.62. The maximum atomic E-state index is 11.7. The van der Waals surface area contributed by atoms with Gasteiger partial charge < -0.3 is 9.64 Å². The van der Waals surface area contributed by atoms with Crippen molar-refractivity contribution in [1.29, 1.82) is 0 Å². The van der Waals surface area contributed by atoms with Crippen molar-refractivity contribution in [2.45, 2.75) is 26.5 Å². The molecular formula is C13H18ClNO2. The minimum atomic E-state index is -0.0429. The number of carbonyl (C=O) groups is 1. The van der Waals surface area contributed by atoms with Crippen molar-refractivity contribution < 1.29 is 9.53 Å². The number of likely N-dealkylation sites (N-methyl/N-ethyl adjacent to an activating group) is 1. The van der Waals surface area contributed by atoms with Gasteiger partial charge >= 0.3 is 0 Å². The number of amides is 1. The number of benzene rings is 1. The van der Waals surface area contributed by atoms with Crippen molar-refractivity contribution in [2.75, 3.05) is 13.7 Å². The Kier molecular flexibility index (Phi) is 5.45. The summed E-state index contributed by atoms with van der Waals surface area (Å²) in [6.07, 6.45) is 0.0627. The number of hydrogen-bond donors (Lipinski definition) is 0. The lowest BCUT2D eigenvalue weighted by Crippen LogP contribution is -2.30. The van der Waals surface area contributed by atoms with Gasteiger partial charge in [0.15, 0.2) is 0 Å². The van der Waals surface area contributed by atoms with E-state index in [0.717, 1.165) is 5.56 Å². The fourth-order valence-electron chi connectivity index (χ4n) is 1.32. The van der Waals surface area contributed by atoms with Crippen molar-refractivity contribution in [3.63, 3.8) is 0 Å². The SMILES string of the molecule is CC(C)OCC(=O)N(C)Cc1ccccc1Cl. The zero-order valence-electron chi connectivity index (χ0n) is 10.4. The van der Waals surface area contributed by atoms with Crippen molar-refractivity contribution >= 4 is 17.5 Å². The van der Waals surface area contributed by atoms with Gasteiger partial charge in [-0.1, -0.05) is 29.8 Å². The van der Waals surface area contributed by atoms with Crippen LogP contribution in [0.25, 0.3) is 0 Å². The Bertz CT molecular complexity index is 379. The standard InChI is InChI=1S/C13H18ClNO2/c1-10(2)17-9-13(16)15(3)8-11-6-4-5-7-12(11)14/h4-7,10H,8-9H2,1-3H3. The Labute approximate surface area is 107 Å². The lowest BCUT2D eigenvalue weighted by molar-refractivity contribution is -0.136. The summed E-state index contributed by atoms with van der Waals surface area (Å²) in [5.74, 6) is -0.0429. The highest BCUT2D eigenvalue weighted by molar-refractivity contribution is 6.31. The first kappa shape index (κ1) is 14.0. The van der Waals surface area contributed by atoms with Crippen LogP contribution >= 0.6 is 11.6 Å². The Morgan fingerprint density at radius 1 is 1.41 bits per heavy atom. The van der Waals surface area contributed by atoms with Crippen LogP contribution < -0.4 is 0 Å². The van der Waals surface area contributed by atoms with E-state index in [1.54, 1.807) is 11.9 Å². The topological polar surface area (TPSA) is 29.5 Å². The molecule has 1 aromatic rings. The molecule has 0 radical (unpaired) electrons. The van der Waals surface area contributed by atoms with Gasteiger partial charge in [-0.3, -0.25) is 4.79 Å². The summed E-state index contributed by atoms with van der Waals surface area (Å²) in [5.41, 5.74) is 0.939. The first-order chi connectivity index (χ1) is 8.00. The van der Waals surface area contributed by atoms with Gasteiger partial charge in [0.1, 0.15) is 6.61 Å². The fourth-order valence-corrected chi connectivity index (χ4v) is 1.51. The molecule has 1 aromatic carbocycles. The average Bonchev–Trinajstić information content (AvgIpc) is 2.28. The van der Waals surface area contributed by atoms with Crippen LogP contribution in [0.1, 0.15) is 19.4 Å². The molecule has 0 fully saturated rings. The normalized spacial score (nSPS) is 10.6. The molecule has 0 aromatic heterocycles. The highest BCUT2D eigenvalue weighted by Crippen LogP contribution is 2.16. The molecule has 17 heavy (non-hydrogen) atoms. The molecule has 0 bridgehead atoms. The predicted molar refractivity (Wildman–Crippen MR) is 69.0 cm³/mol. The van der Waals surface area contributed by atoms with Gasteiger partial charge in [0.05, 0.1) is 6.10 Å². The van der Waals surface area contributed by atoms with Gasteiger partial charge in [-0.15, -0.1) is 0 Å². The van der Waals surface area contributed by atoms with E-state index in [-0.39, 0.29) is 18.6 Å². The van der Waals surface area contributed by atoms with Crippen molar-refractivity contribution in [2.24, 2.45) is 0 Å². The lowest BCUT2D eigenvalue weighted by Gasteiger charge is -2.18. The van der Waals surface area contributed by atoms with E-state index in [2.05, 4.69) is 0 Å². The Morgan fingerprint density at radius 3 is 2.65 bits per heavy atom. The summed E-state index contributed by atoms with van der Waals surface area (Å²) in [7, 11) is 1.75. The Balaban J connectivity index is 2.51. The highest BCUT2D eigenvalue weighted by atomic mass is 35.5. The number of halogens is 1. The van der Waals surface area contributed by atoms with Gasteiger partial charge in [0, 0.05) is 18.6 Å². The Hall–Kier alpha value is -1.06. The third-order valence-electron chi connectivity index (χ3n) is 2.33. The molecule has 0 aliphatic carbocycles. The number of carbonyl (C=O) groups excluding carboxylic acids is 1.